The Bertz CT molecular complexity index is 837. The maximum absolute atomic E-state index is 12.8. The van der Waals surface area contributed by atoms with Crippen molar-refractivity contribution in [3.63, 3.8) is 0 Å². The fraction of sp³-hybridized carbons (Fsp3) is 0.435. The highest BCUT2D eigenvalue weighted by atomic mass is 16.5. The highest BCUT2D eigenvalue weighted by Crippen LogP contribution is 2.38. The number of benzene rings is 2. The van der Waals surface area contributed by atoms with Crippen LogP contribution in [-0.2, 0) is 4.74 Å². The summed E-state index contributed by atoms with van der Waals surface area (Å²) in [6.45, 7) is 7.05. The van der Waals surface area contributed by atoms with Gasteiger partial charge in [0, 0.05) is 18.9 Å². The summed E-state index contributed by atoms with van der Waals surface area (Å²) in [7, 11) is 0. The first-order valence-corrected chi connectivity index (χ1v) is 9.46. The fourth-order valence-corrected chi connectivity index (χ4v) is 4.21. The fourth-order valence-electron chi connectivity index (χ4n) is 4.21. The summed E-state index contributed by atoms with van der Waals surface area (Å²) in [6, 6.07) is 14.3. The molecule has 0 aliphatic carbocycles. The second kappa shape index (κ2) is 6.55. The van der Waals surface area contributed by atoms with Crippen LogP contribution in [-0.4, -0.2) is 24.1 Å². The second-order valence-electron chi connectivity index (χ2n) is 8.23. The van der Waals surface area contributed by atoms with Gasteiger partial charge in [0.15, 0.2) is 5.78 Å². The monoisotopic (exact) mass is 350 g/mol. The molecular formula is C23H26O3. The third-order valence-electron chi connectivity index (χ3n) is 5.56. The number of ketones is 1. The molecule has 0 aromatic heterocycles. The zero-order chi connectivity index (χ0) is 18.3. The molecule has 0 bridgehead atoms. The molecule has 2 aromatic carbocycles. The molecule has 0 N–H and O–H groups in total. The van der Waals surface area contributed by atoms with Crippen molar-refractivity contribution in [1.82, 2.24) is 0 Å². The predicted octanol–water partition coefficient (Wildman–Crippen LogP) is 5.20. The Hall–Kier alpha value is -2.13. The Morgan fingerprint density at radius 3 is 2.65 bits per heavy atom. The molecule has 136 valence electrons. The van der Waals surface area contributed by atoms with E-state index in [0.717, 1.165) is 36.3 Å². The van der Waals surface area contributed by atoms with E-state index in [2.05, 4.69) is 45.0 Å². The van der Waals surface area contributed by atoms with Crippen LogP contribution in [0.1, 0.15) is 49.0 Å². The van der Waals surface area contributed by atoms with E-state index in [4.69, 9.17) is 9.47 Å². The van der Waals surface area contributed by atoms with E-state index >= 15 is 0 Å². The Kier molecular flexibility index (Phi) is 4.36. The minimum Gasteiger partial charge on any atom is -0.489 e. The van der Waals surface area contributed by atoms with Gasteiger partial charge in [0.2, 0.25) is 0 Å². The minimum atomic E-state index is -0.134. The number of fused-ring (bicyclic) bond motifs is 1. The first-order valence-electron chi connectivity index (χ1n) is 9.46. The quantitative estimate of drug-likeness (QED) is 0.747. The molecule has 1 fully saturated rings. The standard InChI is InChI=1S/C23H26O3/c1-15-5-4-6-16(11-15)17-7-8-21-19(12-17)20(24)13-22(26-21)18-9-10-25-23(2,3)14-18/h4-8,11-12,18,22H,9-10,13-14H2,1-3H3. The van der Waals surface area contributed by atoms with Crippen molar-refractivity contribution in [2.45, 2.75) is 51.7 Å². The van der Waals surface area contributed by atoms with Crippen molar-refractivity contribution in [1.29, 1.82) is 0 Å². The molecule has 2 aliphatic heterocycles. The van der Waals surface area contributed by atoms with Crippen molar-refractivity contribution in [2.24, 2.45) is 5.92 Å². The molecule has 0 radical (unpaired) electrons. The van der Waals surface area contributed by atoms with Crippen LogP contribution in [0.15, 0.2) is 42.5 Å². The number of hydrogen-bond donors (Lipinski definition) is 0. The Balaban J connectivity index is 1.59. The molecule has 3 heteroatoms. The summed E-state index contributed by atoms with van der Waals surface area (Å²) in [5.41, 5.74) is 3.99. The van der Waals surface area contributed by atoms with Crippen LogP contribution in [0.3, 0.4) is 0 Å². The average Bonchev–Trinajstić information content (AvgIpc) is 2.60. The van der Waals surface area contributed by atoms with Crippen LogP contribution in [0.4, 0.5) is 0 Å². The first-order chi connectivity index (χ1) is 12.4. The van der Waals surface area contributed by atoms with Crippen molar-refractivity contribution < 1.29 is 14.3 Å². The zero-order valence-corrected chi connectivity index (χ0v) is 15.7. The molecule has 0 amide bonds. The lowest BCUT2D eigenvalue weighted by Gasteiger charge is -2.40. The molecule has 3 nitrogen and oxygen atoms in total. The van der Waals surface area contributed by atoms with Gasteiger partial charge in [-0.25, -0.2) is 0 Å². The van der Waals surface area contributed by atoms with E-state index in [1.807, 2.05) is 18.2 Å². The molecule has 0 saturated carbocycles. The summed E-state index contributed by atoms with van der Waals surface area (Å²) in [6.07, 6.45) is 2.31. The number of aryl methyl sites for hydroxylation is 1. The van der Waals surface area contributed by atoms with Crippen LogP contribution in [0.5, 0.6) is 5.75 Å². The van der Waals surface area contributed by atoms with E-state index in [1.54, 1.807) is 0 Å². The molecule has 1 saturated heterocycles. The smallest absolute Gasteiger partial charge is 0.170 e. The van der Waals surface area contributed by atoms with Crippen molar-refractivity contribution in [3.8, 4) is 16.9 Å². The Morgan fingerprint density at radius 1 is 1.08 bits per heavy atom. The molecule has 2 aliphatic rings. The number of ether oxygens (including phenoxy) is 2. The van der Waals surface area contributed by atoms with Gasteiger partial charge in [-0.05, 0) is 56.9 Å². The molecule has 0 spiro atoms. The molecule has 2 heterocycles. The summed E-state index contributed by atoms with van der Waals surface area (Å²) in [5, 5.41) is 0. The summed E-state index contributed by atoms with van der Waals surface area (Å²) in [5.74, 6) is 1.29. The van der Waals surface area contributed by atoms with Crippen LogP contribution in [0, 0.1) is 12.8 Å². The van der Waals surface area contributed by atoms with Crippen molar-refractivity contribution in [3.05, 3.63) is 53.6 Å². The molecule has 26 heavy (non-hydrogen) atoms. The predicted molar refractivity (Wildman–Crippen MR) is 103 cm³/mol. The van der Waals surface area contributed by atoms with Crippen LogP contribution >= 0.6 is 0 Å². The van der Waals surface area contributed by atoms with Gasteiger partial charge in [-0.2, -0.15) is 0 Å². The third kappa shape index (κ3) is 3.41. The van der Waals surface area contributed by atoms with Crippen LogP contribution < -0.4 is 4.74 Å². The van der Waals surface area contributed by atoms with Crippen molar-refractivity contribution >= 4 is 5.78 Å². The molecule has 2 aromatic rings. The minimum absolute atomic E-state index is 0.0389. The summed E-state index contributed by atoms with van der Waals surface area (Å²) >= 11 is 0. The zero-order valence-electron chi connectivity index (χ0n) is 15.7. The summed E-state index contributed by atoms with van der Waals surface area (Å²) < 4.78 is 12.1. The Labute approximate surface area is 155 Å². The van der Waals surface area contributed by atoms with Crippen molar-refractivity contribution in [2.75, 3.05) is 6.61 Å². The highest BCUT2D eigenvalue weighted by Gasteiger charge is 2.38. The maximum atomic E-state index is 12.8. The van der Waals surface area contributed by atoms with E-state index in [-0.39, 0.29) is 17.5 Å². The largest absolute Gasteiger partial charge is 0.489 e. The SMILES string of the molecule is Cc1cccc(-c2ccc3c(c2)C(=O)CC(C2CCOC(C)(C)C2)O3)c1. The third-order valence-corrected chi connectivity index (χ3v) is 5.56. The van der Waals surface area contributed by atoms with E-state index in [1.165, 1.54) is 5.56 Å². The maximum Gasteiger partial charge on any atom is 0.170 e. The lowest BCUT2D eigenvalue weighted by molar-refractivity contribution is -0.0919. The van der Waals surface area contributed by atoms with Crippen LogP contribution in [0.2, 0.25) is 0 Å². The number of carbonyl (C=O) groups excluding carboxylic acids is 1. The average molecular weight is 350 g/mol. The van der Waals surface area contributed by atoms with Gasteiger partial charge in [-0.15, -0.1) is 0 Å². The highest BCUT2D eigenvalue weighted by molar-refractivity contribution is 6.01. The van der Waals surface area contributed by atoms with Gasteiger partial charge in [0.25, 0.3) is 0 Å². The number of hydrogen-bond acceptors (Lipinski definition) is 3. The van der Waals surface area contributed by atoms with E-state index in [0.29, 0.717) is 17.9 Å². The lowest BCUT2D eigenvalue weighted by Crippen LogP contribution is -2.42. The van der Waals surface area contributed by atoms with Gasteiger partial charge in [-0.3, -0.25) is 4.79 Å². The van der Waals surface area contributed by atoms with Crippen LogP contribution in [0.25, 0.3) is 11.1 Å². The van der Waals surface area contributed by atoms with Gasteiger partial charge in [0.05, 0.1) is 11.2 Å². The van der Waals surface area contributed by atoms with E-state index in [9.17, 15) is 4.79 Å². The molecule has 2 unspecified atom stereocenters. The topological polar surface area (TPSA) is 35.5 Å². The lowest BCUT2D eigenvalue weighted by atomic mass is 9.81. The second-order valence-corrected chi connectivity index (χ2v) is 8.23. The number of carbonyl (C=O) groups is 1. The molecular weight excluding hydrogens is 324 g/mol. The number of rotatable bonds is 2. The van der Waals surface area contributed by atoms with E-state index < -0.39 is 0 Å². The van der Waals surface area contributed by atoms with Gasteiger partial charge in [0.1, 0.15) is 11.9 Å². The molecule has 4 rings (SSSR count). The first kappa shape index (κ1) is 17.3. The molecule has 2 atom stereocenters. The Morgan fingerprint density at radius 2 is 1.88 bits per heavy atom. The van der Waals surface area contributed by atoms with Gasteiger partial charge >= 0.3 is 0 Å². The number of Topliss-reactive ketones (excluding diaryl/α,β-unsaturated/α-hetero) is 1. The van der Waals surface area contributed by atoms with Gasteiger partial charge in [-0.1, -0.05) is 35.9 Å². The summed E-state index contributed by atoms with van der Waals surface area (Å²) in [4.78, 5) is 12.8. The normalized spacial score (nSPS) is 24.7. The van der Waals surface area contributed by atoms with Gasteiger partial charge < -0.3 is 9.47 Å².